The number of nitrogens with two attached hydrogens (primary N) is 5. The van der Waals surface area contributed by atoms with Crippen LogP contribution in [0.4, 0.5) is 5.82 Å². The molecule has 5 heterocycles. The molecule has 20 N–H and O–H groups in total. The molecule has 20 unspecified atom stereocenters. The molecule has 0 amide bonds. The van der Waals surface area contributed by atoms with E-state index in [0.717, 1.165) is 6.33 Å². The summed E-state index contributed by atoms with van der Waals surface area (Å²) < 4.78 is 54.5. The van der Waals surface area contributed by atoms with Crippen LogP contribution in [-0.2, 0) is 42.1 Å². The van der Waals surface area contributed by atoms with Crippen LogP contribution in [0.1, 0.15) is 13.2 Å². The Hall–Kier alpha value is -3.89. The molecule has 0 spiro atoms. The van der Waals surface area contributed by atoms with E-state index in [0.29, 0.717) is 0 Å². The van der Waals surface area contributed by atoms with Gasteiger partial charge >= 0.3 is 7.82 Å². The zero-order chi connectivity index (χ0) is 45.6. The quantitative estimate of drug-likeness (QED) is 0.0341. The summed E-state index contributed by atoms with van der Waals surface area (Å²) in [7, 11) is -4.10. The first kappa shape index (κ1) is 47.6. The standard InChI is InChI=1S/C31H51N12O18P/c1-8-31(52,5-45)23(60-27-13(37-2)18(49)15(46)9(3-44)58-27)28(56-8)59-21-11(41-29(33)34)17(48)12(42-30(35)36)22(20(21)51)61-62(53,54)55-4-10-16(47)19(50)26(57-10)43-7-40-14-24(32)38-6-39-25(14)43/h5-13,15-23,26-28,37,44,46-52H,3-4H2,1-2H3,(H,53,54)(H2,32,38,39)(H4,33,34,41)(H4,35,36,42). The molecule has 4 aliphatic rings. The highest BCUT2D eigenvalue weighted by molar-refractivity contribution is 7.47. The number of aliphatic hydroxyl groups excluding tert-OH is 7. The van der Waals surface area contributed by atoms with Crippen LogP contribution in [0.15, 0.2) is 22.6 Å². The molecular weight excluding hydrogens is 859 g/mol. The normalized spacial score (nSPS) is 42.0. The van der Waals surface area contributed by atoms with E-state index in [9.17, 15) is 55.1 Å². The van der Waals surface area contributed by atoms with Crippen molar-refractivity contribution in [2.45, 2.75) is 123 Å². The highest BCUT2D eigenvalue weighted by atomic mass is 31.2. The lowest BCUT2D eigenvalue weighted by Gasteiger charge is -2.46. The first-order chi connectivity index (χ1) is 29.2. The van der Waals surface area contributed by atoms with E-state index in [1.165, 1.54) is 24.9 Å². The van der Waals surface area contributed by atoms with E-state index in [2.05, 4.69) is 30.3 Å². The number of nitrogen functional groups attached to an aromatic ring is 1. The fraction of sp³-hybridized carbons (Fsp3) is 0.742. The molecule has 31 heteroatoms. The van der Waals surface area contributed by atoms with Gasteiger partial charge in [0.25, 0.3) is 0 Å². The number of ether oxygens (including phenoxy) is 5. The van der Waals surface area contributed by atoms with Crippen LogP contribution in [0.25, 0.3) is 11.2 Å². The summed E-state index contributed by atoms with van der Waals surface area (Å²) in [5, 5.41) is 90.3. The summed E-state index contributed by atoms with van der Waals surface area (Å²) in [6, 6.07) is -4.90. The number of carbonyl (C=O) groups is 1. The number of anilines is 1. The van der Waals surface area contributed by atoms with Gasteiger partial charge in [-0.15, -0.1) is 0 Å². The van der Waals surface area contributed by atoms with E-state index >= 15 is 0 Å². The van der Waals surface area contributed by atoms with Crippen LogP contribution in [-0.4, -0.2) is 213 Å². The third kappa shape index (κ3) is 9.06. The number of phosphoric acid groups is 1. The van der Waals surface area contributed by atoms with Crippen molar-refractivity contribution in [3.05, 3.63) is 12.7 Å². The lowest BCUT2D eigenvalue weighted by molar-refractivity contribution is -0.314. The molecule has 1 saturated carbocycles. The van der Waals surface area contributed by atoms with Gasteiger partial charge in [-0.2, -0.15) is 0 Å². The molecule has 62 heavy (non-hydrogen) atoms. The number of rotatable bonds is 15. The zero-order valence-corrected chi connectivity index (χ0v) is 33.6. The van der Waals surface area contributed by atoms with Crippen molar-refractivity contribution in [3.8, 4) is 0 Å². The highest BCUT2D eigenvalue weighted by Gasteiger charge is 2.62. The van der Waals surface area contributed by atoms with Crippen LogP contribution in [0.5, 0.6) is 0 Å². The molecule has 0 aromatic carbocycles. The van der Waals surface area contributed by atoms with Gasteiger partial charge in [-0.3, -0.25) is 18.4 Å². The fourth-order valence-electron chi connectivity index (χ4n) is 7.69. The second-order valence-electron chi connectivity index (χ2n) is 14.9. The number of aliphatic hydroxyl groups is 8. The average molecular weight is 911 g/mol. The van der Waals surface area contributed by atoms with E-state index in [1.54, 1.807) is 0 Å². The Morgan fingerprint density at radius 1 is 0.903 bits per heavy atom. The van der Waals surface area contributed by atoms with Gasteiger partial charge < -0.3 is 103 Å². The third-order valence-corrected chi connectivity index (χ3v) is 12.0. The van der Waals surface area contributed by atoms with Crippen molar-refractivity contribution in [1.82, 2.24) is 24.8 Å². The number of likely N-dealkylation sites (N-methyl/N-ethyl adjacent to an activating group) is 1. The van der Waals surface area contributed by atoms with E-state index in [1.807, 2.05) is 0 Å². The molecule has 2 aromatic heterocycles. The summed E-state index contributed by atoms with van der Waals surface area (Å²) in [6.07, 6.45) is -23.8. The maximum absolute atomic E-state index is 13.6. The van der Waals surface area contributed by atoms with Crippen LogP contribution in [0, 0.1) is 0 Å². The topological polar surface area (TPSA) is 491 Å². The van der Waals surface area contributed by atoms with Gasteiger partial charge in [-0.1, -0.05) is 0 Å². The first-order valence-electron chi connectivity index (χ1n) is 18.8. The number of guanidine groups is 2. The van der Waals surface area contributed by atoms with Crippen molar-refractivity contribution >= 4 is 43.0 Å². The Balaban J connectivity index is 1.25. The number of carbonyl (C=O) groups excluding carboxylic acids is 1. The molecule has 6 rings (SSSR count). The molecule has 1 aliphatic carbocycles. The van der Waals surface area contributed by atoms with Crippen molar-refractivity contribution in [2.75, 3.05) is 26.0 Å². The van der Waals surface area contributed by atoms with Gasteiger partial charge in [0.05, 0.1) is 31.7 Å². The van der Waals surface area contributed by atoms with Crippen molar-refractivity contribution in [1.29, 1.82) is 0 Å². The summed E-state index contributed by atoms with van der Waals surface area (Å²) >= 11 is 0. The zero-order valence-electron chi connectivity index (χ0n) is 32.8. The SMILES string of the molecule is CNC1C(OC2C(OC3C(O)C(OP(=O)(O)OCC4OC(n5cnc6c(N)ncnc65)C(O)C4O)C(N=C(N)N)C(O)C3N=C(N)N)OC(C)C2(O)C=O)OC(CO)C(O)C1O. The Morgan fingerprint density at radius 2 is 1.55 bits per heavy atom. The van der Waals surface area contributed by atoms with Crippen LogP contribution < -0.4 is 34.0 Å². The van der Waals surface area contributed by atoms with E-state index in [4.69, 9.17) is 61.4 Å². The van der Waals surface area contributed by atoms with Crippen LogP contribution >= 0.6 is 7.82 Å². The molecule has 3 aliphatic heterocycles. The first-order valence-corrected chi connectivity index (χ1v) is 20.3. The number of nitrogens with one attached hydrogen (secondary N) is 1. The van der Waals surface area contributed by atoms with Gasteiger partial charge in [-0.05, 0) is 14.0 Å². The third-order valence-electron chi connectivity index (χ3n) is 11.0. The van der Waals surface area contributed by atoms with Crippen molar-refractivity contribution in [2.24, 2.45) is 32.9 Å². The summed E-state index contributed by atoms with van der Waals surface area (Å²) in [5.41, 5.74) is 26.1. The maximum atomic E-state index is 13.6. The molecule has 4 fully saturated rings. The number of nitrogens with zero attached hydrogens (tertiary/aromatic N) is 6. The average Bonchev–Trinajstić information content (AvgIpc) is 3.85. The highest BCUT2D eigenvalue weighted by Crippen LogP contribution is 2.49. The lowest BCUT2D eigenvalue weighted by atomic mass is 9.81. The Bertz CT molecular complexity index is 2000. The lowest BCUT2D eigenvalue weighted by Crippen LogP contribution is -2.67. The predicted molar refractivity (Wildman–Crippen MR) is 203 cm³/mol. The van der Waals surface area contributed by atoms with Gasteiger partial charge in [0.2, 0.25) is 0 Å². The molecular formula is C31H51N12O18P. The van der Waals surface area contributed by atoms with Crippen LogP contribution in [0.2, 0.25) is 0 Å². The van der Waals surface area contributed by atoms with Gasteiger partial charge in [0, 0.05) is 0 Å². The minimum Gasteiger partial charge on any atom is -0.394 e. The number of phosphoric ester groups is 1. The van der Waals surface area contributed by atoms with Crippen molar-refractivity contribution in [3.63, 3.8) is 0 Å². The number of imidazole rings is 1. The minimum atomic E-state index is -5.46. The Morgan fingerprint density at radius 3 is 2.16 bits per heavy atom. The van der Waals surface area contributed by atoms with E-state index < -0.39 is 149 Å². The summed E-state index contributed by atoms with van der Waals surface area (Å²) in [6.45, 7) is -0.481. The largest absolute Gasteiger partial charge is 0.472 e. The Labute approximate surface area is 349 Å². The number of hydrogen-bond acceptors (Lipinski definition) is 24. The van der Waals surface area contributed by atoms with E-state index in [-0.39, 0.29) is 23.3 Å². The second-order valence-corrected chi connectivity index (χ2v) is 16.3. The number of hydrogen-bond donors (Lipinski definition) is 15. The molecule has 348 valence electrons. The summed E-state index contributed by atoms with van der Waals surface area (Å²) in [4.78, 5) is 43.2. The second kappa shape index (κ2) is 18.7. The molecule has 0 bridgehead atoms. The van der Waals surface area contributed by atoms with Gasteiger partial charge in [0.15, 0.2) is 54.1 Å². The maximum Gasteiger partial charge on any atom is 0.472 e. The fourth-order valence-corrected chi connectivity index (χ4v) is 8.64. The monoisotopic (exact) mass is 910 g/mol. The molecule has 20 atom stereocenters. The predicted octanol–water partition coefficient (Wildman–Crippen LogP) is -8.98. The smallest absolute Gasteiger partial charge is 0.394 e. The summed E-state index contributed by atoms with van der Waals surface area (Å²) in [5.74, 6) is -1.38. The minimum absolute atomic E-state index is 0.0169. The molecule has 30 nitrogen and oxygen atoms in total. The van der Waals surface area contributed by atoms with Crippen LogP contribution in [0.3, 0.4) is 0 Å². The number of aromatic nitrogens is 4. The molecule has 3 saturated heterocycles. The Kier molecular flexibility index (Phi) is 14.3. The number of aldehydes is 1. The molecule has 0 radical (unpaired) electrons. The van der Waals surface area contributed by atoms with Gasteiger partial charge in [-0.25, -0.2) is 29.5 Å². The number of aliphatic imine (C=N–C) groups is 2. The van der Waals surface area contributed by atoms with Gasteiger partial charge in [0.1, 0.15) is 91.1 Å². The molecule has 2 aromatic rings. The number of fused-ring (bicyclic) bond motifs is 1. The van der Waals surface area contributed by atoms with Crippen molar-refractivity contribution < 1.29 is 87.8 Å².